The number of nitrogens with zero attached hydrogens (tertiary/aromatic N) is 3. The summed E-state index contributed by atoms with van der Waals surface area (Å²) in [4.78, 5) is 21.3. The summed E-state index contributed by atoms with van der Waals surface area (Å²) in [6, 6.07) is 15.6. The molecular formula is C20H21N3O3. The highest BCUT2D eigenvalue weighted by Gasteiger charge is 2.22. The first-order chi connectivity index (χ1) is 12.7. The van der Waals surface area contributed by atoms with E-state index in [2.05, 4.69) is 9.88 Å². The highest BCUT2D eigenvalue weighted by molar-refractivity contribution is 5.94. The Bertz CT molecular complexity index is 871. The zero-order chi connectivity index (χ0) is 17.9. The fourth-order valence-electron chi connectivity index (χ4n) is 3.22. The van der Waals surface area contributed by atoms with Crippen LogP contribution in [-0.4, -0.2) is 49.1 Å². The average molecular weight is 351 g/mol. The van der Waals surface area contributed by atoms with Crippen molar-refractivity contribution < 1.29 is 13.9 Å². The minimum atomic E-state index is 0.0482. The Hall–Kier alpha value is -3.02. The number of oxazole rings is 1. The van der Waals surface area contributed by atoms with E-state index in [0.29, 0.717) is 24.7 Å². The second-order valence-corrected chi connectivity index (χ2v) is 6.33. The molecule has 134 valence electrons. The van der Waals surface area contributed by atoms with Crippen molar-refractivity contribution in [1.82, 2.24) is 9.88 Å². The number of methoxy groups -OCH3 is 1. The maximum Gasteiger partial charge on any atom is 0.298 e. The molecule has 0 saturated carbocycles. The molecule has 2 heterocycles. The quantitative estimate of drug-likeness (QED) is 0.725. The fraction of sp³-hybridized carbons (Fsp3) is 0.300. The number of amides is 1. The van der Waals surface area contributed by atoms with Crippen LogP contribution >= 0.6 is 0 Å². The van der Waals surface area contributed by atoms with Crippen molar-refractivity contribution in [3.05, 3.63) is 54.1 Å². The van der Waals surface area contributed by atoms with E-state index in [4.69, 9.17) is 9.15 Å². The molecule has 1 aromatic heterocycles. The van der Waals surface area contributed by atoms with Gasteiger partial charge in [-0.15, -0.1) is 0 Å². The molecule has 1 amide bonds. The monoisotopic (exact) mass is 351 g/mol. The molecule has 0 atom stereocenters. The van der Waals surface area contributed by atoms with Gasteiger partial charge >= 0.3 is 0 Å². The first-order valence-electron chi connectivity index (χ1n) is 8.78. The lowest BCUT2D eigenvalue weighted by Gasteiger charge is -2.21. The first-order valence-corrected chi connectivity index (χ1v) is 8.78. The molecule has 0 aliphatic carbocycles. The van der Waals surface area contributed by atoms with Crippen LogP contribution in [0.2, 0.25) is 0 Å². The molecule has 0 spiro atoms. The largest absolute Gasteiger partial charge is 0.497 e. The lowest BCUT2D eigenvalue weighted by molar-refractivity contribution is 0.0767. The van der Waals surface area contributed by atoms with Crippen LogP contribution in [-0.2, 0) is 0 Å². The van der Waals surface area contributed by atoms with Crippen LogP contribution in [0.1, 0.15) is 16.8 Å². The Morgan fingerprint density at radius 2 is 1.85 bits per heavy atom. The maximum absolute atomic E-state index is 12.8. The third kappa shape index (κ3) is 3.22. The van der Waals surface area contributed by atoms with Gasteiger partial charge in [0, 0.05) is 31.7 Å². The van der Waals surface area contributed by atoms with Crippen molar-refractivity contribution in [2.45, 2.75) is 6.42 Å². The Balaban J connectivity index is 1.46. The molecule has 2 aromatic carbocycles. The van der Waals surface area contributed by atoms with Crippen LogP contribution in [0.25, 0.3) is 11.1 Å². The van der Waals surface area contributed by atoms with E-state index in [1.807, 2.05) is 53.4 Å². The number of fused-ring (bicyclic) bond motifs is 1. The molecule has 1 fully saturated rings. The lowest BCUT2D eigenvalue weighted by atomic mass is 10.2. The molecule has 1 aliphatic heterocycles. The zero-order valence-corrected chi connectivity index (χ0v) is 14.7. The molecule has 0 radical (unpaired) electrons. The van der Waals surface area contributed by atoms with Crippen molar-refractivity contribution in [1.29, 1.82) is 0 Å². The summed E-state index contributed by atoms with van der Waals surface area (Å²) in [5.74, 6) is 0.798. The van der Waals surface area contributed by atoms with E-state index >= 15 is 0 Å². The SMILES string of the molecule is COc1ccc(C(=O)N2CCCN(c3nc4ccccc4o3)CC2)cc1. The number of hydrogen-bond donors (Lipinski definition) is 0. The summed E-state index contributed by atoms with van der Waals surface area (Å²) in [5, 5.41) is 0. The number of benzene rings is 2. The Morgan fingerprint density at radius 3 is 2.62 bits per heavy atom. The number of aromatic nitrogens is 1. The van der Waals surface area contributed by atoms with E-state index in [-0.39, 0.29) is 5.91 Å². The minimum Gasteiger partial charge on any atom is -0.497 e. The third-order valence-corrected chi connectivity index (χ3v) is 4.67. The highest BCUT2D eigenvalue weighted by Crippen LogP contribution is 2.23. The van der Waals surface area contributed by atoms with E-state index in [0.717, 1.165) is 36.4 Å². The third-order valence-electron chi connectivity index (χ3n) is 4.67. The van der Waals surface area contributed by atoms with Crippen LogP contribution in [0.15, 0.2) is 52.9 Å². The predicted octanol–water partition coefficient (Wildman–Crippen LogP) is 3.19. The summed E-state index contributed by atoms with van der Waals surface area (Å²) in [5.41, 5.74) is 2.33. The molecule has 1 aliphatic rings. The van der Waals surface area contributed by atoms with E-state index in [1.54, 1.807) is 7.11 Å². The maximum atomic E-state index is 12.8. The molecule has 0 unspecified atom stereocenters. The predicted molar refractivity (Wildman–Crippen MR) is 99.7 cm³/mol. The molecule has 0 N–H and O–H groups in total. The fourth-order valence-corrected chi connectivity index (χ4v) is 3.22. The second kappa shape index (κ2) is 7.07. The van der Waals surface area contributed by atoms with Gasteiger partial charge < -0.3 is 19.0 Å². The van der Waals surface area contributed by atoms with Gasteiger partial charge in [0.15, 0.2) is 5.58 Å². The van der Waals surface area contributed by atoms with Gasteiger partial charge in [-0.3, -0.25) is 4.79 Å². The van der Waals surface area contributed by atoms with Gasteiger partial charge in [0.1, 0.15) is 11.3 Å². The number of rotatable bonds is 3. The van der Waals surface area contributed by atoms with Crippen LogP contribution in [0.5, 0.6) is 5.75 Å². The van der Waals surface area contributed by atoms with Crippen LogP contribution < -0.4 is 9.64 Å². The summed E-state index contributed by atoms with van der Waals surface area (Å²) in [6.45, 7) is 2.89. The molecule has 6 heteroatoms. The standard InChI is InChI=1S/C20H21N3O3/c1-25-16-9-7-15(8-10-16)19(24)22-11-4-12-23(14-13-22)20-21-17-5-2-3-6-18(17)26-20/h2-3,5-10H,4,11-14H2,1H3. The molecule has 3 aromatic rings. The minimum absolute atomic E-state index is 0.0482. The normalized spacial score (nSPS) is 15.1. The lowest BCUT2D eigenvalue weighted by Crippen LogP contribution is -2.35. The number of carbonyl (C=O) groups is 1. The van der Waals surface area contributed by atoms with Crippen molar-refractivity contribution in [2.24, 2.45) is 0 Å². The van der Waals surface area contributed by atoms with Gasteiger partial charge in [-0.25, -0.2) is 0 Å². The van der Waals surface area contributed by atoms with Crippen LogP contribution in [0.4, 0.5) is 6.01 Å². The molecule has 0 bridgehead atoms. The van der Waals surface area contributed by atoms with Gasteiger partial charge in [-0.2, -0.15) is 4.98 Å². The van der Waals surface area contributed by atoms with E-state index < -0.39 is 0 Å². The van der Waals surface area contributed by atoms with Crippen molar-refractivity contribution in [2.75, 3.05) is 38.2 Å². The molecule has 4 rings (SSSR count). The van der Waals surface area contributed by atoms with Crippen molar-refractivity contribution >= 4 is 23.0 Å². The number of para-hydroxylation sites is 2. The Labute approximate surface area is 152 Å². The van der Waals surface area contributed by atoms with Gasteiger partial charge in [0.05, 0.1) is 7.11 Å². The number of ether oxygens (including phenoxy) is 1. The topological polar surface area (TPSA) is 58.8 Å². The number of carbonyl (C=O) groups excluding carboxylic acids is 1. The van der Waals surface area contributed by atoms with Gasteiger partial charge in [0.25, 0.3) is 11.9 Å². The Morgan fingerprint density at radius 1 is 1.04 bits per heavy atom. The van der Waals surface area contributed by atoms with Gasteiger partial charge in [-0.1, -0.05) is 12.1 Å². The molecule has 1 saturated heterocycles. The second-order valence-electron chi connectivity index (χ2n) is 6.33. The summed E-state index contributed by atoms with van der Waals surface area (Å²) in [6.07, 6.45) is 0.876. The summed E-state index contributed by atoms with van der Waals surface area (Å²) in [7, 11) is 1.62. The molecular weight excluding hydrogens is 330 g/mol. The summed E-state index contributed by atoms with van der Waals surface area (Å²) >= 11 is 0. The molecule has 26 heavy (non-hydrogen) atoms. The van der Waals surface area contributed by atoms with E-state index in [1.165, 1.54) is 0 Å². The van der Waals surface area contributed by atoms with Crippen molar-refractivity contribution in [3.63, 3.8) is 0 Å². The summed E-state index contributed by atoms with van der Waals surface area (Å²) < 4.78 is 11.0. The first kappa shape index (κ1) is 16.4. The average Bonchev–Trinajstić information content (AvgIpc) is 2.97. The number of hydrogen-bond acceptors (Lipinski definition) is 5. The Kier molecular flexibility index (Phi) is 4.48. The molecule has 6 nitrogen and oxygen atoms in total. The van der Waals surface area contributed by atoms with E-state index in [9.17, 15) is 4.79 Å². The van der Waals surface area contributed by atoms with Crippen LogP contribution in [0.3, 0.4) is 0 Å². The smallest absolute Gasteiger partial charge is 0.298 e. The number of anilines is 1. The zero-order valence-electron chi connectivity index (χ0n) is 14.7. The highest BCUT2D eigenvalue weighted by atomic mass is 16.5. The van der Waals surface area contributed by atoms with Gasteiger partial charge in [0.2, 0.25) is 0 Å². The van der Waals surface area contributed by atoms with Gasteiger partial charge in [-0.05, 0) is 42.8 Å². The van der Waals surface area contributed by atoms with Crippen LogP contribution in [0, 0.1) is 0 Å². The van der Waals surface area contributed by atoms with Crippen molar-refractivity contribution in [3.8, 4) is 5.75 Å².